The maximum absolute atomic E-state index is 6.54. The minimum Gasteiger partial charge on any atom is -0.456 e. The van der Waals surface area contributed by atoms with E-state index in [-0.39, 0.29) is 0 Å². The highest BCUT2D eigenvalue weighted by Gasteiger charge is 2.29. The number of aryl methyl sites for hydroxylation is 1. The number of rotatable bonds is 4. The van der Waals surface area contributed by atoms with Crippen molar-refractivity contribution in [1.29, 1.82) is 0 Å². The van der Waals surface area contributed by atoms with Crippen LogP contribution in [0.25, 0.3) is 60.5 Å². The van der Waals surface area contributed by atoms with Crippen molar-refractivity contribution < 1.29 is 8.83 Å². The summed E-state index contributed by atoms with van der Waals surface area (Å²) in [4.78, 5) is 10.7. The molecule has 2 atom stereocenters. The molecular formula is C46H34N4O2. The molecule has 52 heavy (non-hydrogen) atoms. The molecule has 1 aliphatic heterocycles. The molecule has 2 unspecified atom stereocenters. The molecule has 9 aromatic rings. The summed E-state index contributed by atoms with van der Waals surface area (Å²) in [5, 5.41) is 9.38. The van der Waals surface area contributed by atoms with Gasteiger partial charge in [0, 0.05) is 49.3 Å². The van der Waals surface area contributed by atoms with E-state index in [1.807, 2.05) is 30.3 Å². The Morgan fingerprint density at radius 3 is 2.21 bits per heavy atom. The smallest absolute Gasteiger partial charge is 0.173 e. The summed E-state index contributed by atoms with van der Waals surface area (Å²) < 4.78 is 15.4. The molecule has 6 nitrogen and oxygen atoms in total. The highest BCUT2D eigenvalue weighted by Crippen LogP contribution is 2.42. The van der Waals surface area contributed by atoms with Gasteiger partial charge in [-0.3, -0.25) is 0 Å². The average Bonchev–Trinajstić information content (AvgIpc) is 3.87. The number of nitrogens with one attached hydrogen (secondary N) is 1. The Balaban J connectivity index is 1.13. The zero-order chi connectivity index (χ0) is 34.3. The van der Waals surface area contributed by atoms with E-state index >= 15 is 0 Å². The van der Waals surface area contributed by atoms with E-state index in [1.165, 1.54) is 35.0 Å². The molecule has 250 valence electrons. The molecule has 3 aromatic heterocycles. The largest absolute Gasteiger partial charge is 0.456 e. The lowest BCUT2D eigenvalue weighted by molar-refractivity contribution is 0.571. The Morgan fingerprint density at radius 2 is 1.33 bits per heavy atom. The van der Waals surface area contributed by atoms with E-state index in [0.717, 1.165) is 84.3 Å². The molecule has 2 aliphatic rings. The van der Waals surface area contributed by atoms with Crippen LogP contribution in [0.5, 0.6) is 0 Å². The Kier molecular flexibility index (Phi) is 6.38. The van der Waals surface area contributed by atoms with Gasteiger partial charge in [-0.25, -0.2) is 9.98 Å². The number of amidine groups is 2. The van der Waals surface area contributed by atoms with Crippen molar-refractivity contribution in [2.45, 2.75) is 38.3 Å². The fraction of sp³-hybridized carbons (Fsp3) is 0.130. The van der Waals surface area contributed by atoms with Gasteiger partial charge in [-0.2, -0.15) is 0 Å². The maximum atomic E-state index is 6.54. The van der Waals surface area contributed by atoms with Gasteiger partial charge < -0.3 is 18.7 Å². The van der Waals surface area contributed by atoms with Crippen LogP contribution >= 0.6 is 0 Å². The van der Waals surface area contributed by atoms with Crippen molar-refractivity contribution in [3.05, 3.63) is 161 Å². The number of furan rings is 2. The van der Waals surface area contributed by atoms with Gasteiger partial charge in [0.1, 0.15) is 34.0 Å². The number of fused-ring (bicyclic) bond motifs is 9. The summed E-state index contributed by atoms with van der Waals surface area (Å²) in [6.45, 7) is 2.37. The van der Waals surface area contributed by atoms with Crippen LogP contribution in [0, 0.1) is 0 Å². The van der Waals surface area contributed by atoms with Gasteiger partial charge in [-0.05, 0) is 73.2 Å². The van der Waals surface area contributed by atoms with Crippen LogP contribution in [-0.4, -0.2) is 16.2 Å². The normalized spacial score (nSPS) is 17.5. The third-order valence-electron chi connectivity index (χ3n) is 11.1. The van der Waals surface area contributed by atoms with E-state index in [9.17, 15) is 0 Å². The summed E-state index contributed by atoms with van der Waals surface area (Å²) in [7, 11) is 0. The van der Waals surface area contributed by atoms with Crippen molar-refractivity contribution in [1.82, 2.24) is 9.88 Å². The highest BCUT2D eigenvalue weighted by atomic mass is 16.3. The Hall–Kier alpha value is -6.40. The second kappa shape index (κ2) is 11.3. The van der Waals surface area contributed by atoms with Crippen molar-refractivity contribution >= 4 is 66.5 Å². The van der Waals surface area contributed by atoms with Crippen LogP contribution in [0.2, 0.25) is 0 Å². The van der Waals surface area contributed by atoms with Gasteiger partial charge in [-0.15, -0.1) is 0 Å². The van der Waals surface area contributed by atoms with Crippen LogP contribution in [0.1, 0.15) is 59.8 Å². The summed E-state index contributed by atoms with van der Waals surface area (Å²) in [6.07, 6.45) is 2.93. The number of aliphatic imine (C=N–C) groups is 2. The molecule has 6 aromatic carbocycles. The number of aromatic nitrogens is 1. The monoisotopic (exact) mass is 674 g/mol. The van der Waals surface area contributed by atoms with Gasteiger partial charge in [-0.1, -0.05) is 97.9 Å². The van der Waals surface area contributed by atoms with Crippen LogP contribution in [0.15, 0.2) is 152 Å². The fourth-order valence-electron chi connectivity index (χ4n) is 8.68. The van der Waals surface area contributed by atoms with E-state index in [1.54, 1.807) is 0 Å². The lowest BCUT2D eigenvalue weighted by Gasteiger charge is -2.26. The summed E-state index contributed by atoms with van der Waals surface area (Å²) in [6, 6.07) is 46.5. The first-order chi connectivity index (χ1) is 25.7. The molecule has 4 heterocycles. The van der Waals surface area contributed by atoms with Crippen LogP contribution < -0.4 is 5.32 Å². The van der Waals surface area contributed by atoms with Gasteiger partial charge in [0.2, 0.25) is 0 Å². The second-order valence-corrected chi connectivity index (χ2v) is 14.1. The molecule has 1 aliphatic carbocycles. The number of nitrogens with zero attached hydrogens (tertiary/aromatic N) is 3. The third-order valence-corrected chi connectivity index (χ3v) is 11.1. The van der Waals surface area contributed by atoms with Gasteiger partial charge in [0.05, 0.1) is 11.2 Å². The number of hydrogen-bond donors (Lipinski definition) is 1. The lowest BCUT2D eigenvalue weighted by atomic mass is 9.88. The van der Waals surface area contributed by atoms with E-state index in [4.69, 9.17) is 18.8 Å². The number of para-hydroxylation sites is 5. The van der Waals surface area contributed by atoms with Crippen LogP contribution in [0.3, 0.4) is 0 Å². The molecule has 0 spiro atoms. The summed E-state index contributed by atoms with van der Waals surface area (Å²) in [5.41, 5.74) is 11.4. The predicted octanol–water partition coefficient (Wildman–Crippen LogP) is 11.4. The SMILES string of the molecule is CC1CCCc2c1n(-c1ccccc1C1=NC(c3cccc4c3oc3ccccc34)N=C(c3ccc4c(c3)oc3ccccc34)N1)c1ccccc21. The van der Waals surface area contributed by atoms with Crippen molar-refractivity contribution in [2.24, 2.45) is 9.98 Å². The van der Waals surface area contributed by atoms with Crippen LogP contribution in [-0.2, 0) is 6.42 Å². The standard InChI is InChI=1S/C46H34N4O2/c1-27-12-10-17-33-29-13-2-6-20-37(29)50(42(27)33)38-21-7-3-16-35(38)45-47-44(28-24-25-32-30-14-4-8-22-39(30)51-41(32)26-28)48-46(49-45)36-19-11-18-34-31-15-5-9-23-40(31)52-43(34)36/h2-9,11,13-16,18-27,46H,10,12,17H2,1H3,(H,47,48,49). The topological polar surface area (TPSA) is 68.0 Å². The van der Waals surface area contributed by atoms with Crippen molar-refractivity contribution in [3.63, 3.8) is 0 Å². The molecule has 11 rings (SSSR count). The molecule has 1 N–H and O–H groups in total. The van der Waals surface area contributed by atoms with Crippen molar-refractivity contribution in [3.8, 4) is 5.69 Å². The molecule has 0 bridgehead atoms. The van der Waals surface area contributed by atoms with E-state index in [0.29, 0.717) is 5.92 Å². The minimum atomic E-state index is -0.552. The first-order valence-electron chi connectivity index (χ1n) is 18.2. The first kappa shape index (κ1) is 29.3. The highest BCUT2D eigenvalue weighted by molar-refractivity contribution is 6.18. The Morgan fingerprint density at radius 1 is 0.635 bits per heavy atom. The van der Waals surface area contributed by atoms with Crippen molar-refractivity contribution in [2.75, 3.05) is 0 Å². The molecule has 0 radical (unpaired) electrons. The quantitative estimate of drug-likeness (QED) is 0.202. The minimum absolute atomic E-state index is 0.441. The Labute approximate surface area is 299 Å². The van der Waals surface area contributed by atoms with Gasteiger partial charge in [0.25, 0.3) is 0 Å². The lowest BCUT2D eigenvalue weighted by Crippen LogP contribution is -2.36. The molecule has 6 heteroatoms. The Bertz CT molecular complexity index is 2960. The molecule has 0 saturated carbocycles. The maximum Gasteiger partial charge on any atom is 0.173 e. The molecule has 0 fully saturated rings. The molecule has 0 amide bonds. The van der Waals surface area contributed by atoms with Crippen LogP contribution in [0.4, 0.5) is 0 Å². The third kappa shape index (κ3) is 4.37. The summed E-state index contributed by atoms with van der Waals surface area (Å²) in [5.74, 6) is 1.93. The molecule has 0 saturated heterocycles. The number of benzene rings is 6. The predicted molar refractivity (Wildman–Crippen MR) is 211 cm³/mol. The van der Waals surface area contributed by atoms with E-state index in [2.05, 4.69) is 120 Å². The zero-order valence-electron chi connectivity index (χ0n) is 28.6. The van der Waals surface area contributed by atoms with Gasteiger partial charge in [0.15, 0.2) is 6.17 Å². The average molecular weight is 675 g/mol. The summed E-state index contributed by atoms with van der Waals surface area (Å²) >= 11 is 0. The fourth-order valence-corrected chi connectivity index (χ4v) is 8.68. The first-order valence-corrected chi connectivity index (χ1v) is 18.2. The van der Waals surface area contributed by atoms with Gasteiger partial charge >= 0.3 is 0 Å². The van der Waals surface area contributed by atoms with E-state index < -0.39 is 6.17 Å². The number of hydrogen-bond acceptors (Lipinski definition) is 5. The second-order valence-electron chi connectivity index (χ2n) is 14.1. The molecular weight excluding hydrogens is 641 g/mol. The zero-order valence-corrected chi connectivity index (χ0v) is 28.6.